The van der Waals surface area contributed by atoms with Gasteiger partial charge in [0.25, 0.3) is 0 Å². The molecular weight excluding hydrogens is 518 g/mol. The molecule has 4 aromatic rings. The second-order valence-corrected chi connectivity index (χ2v) is 10.9. The van der Waals surface area contributed by atoms with Crippen molar-refractivity contribution in [1.82, 2.24) is 19.5 Å². The first-order valence-electron chi connectivity index (χ1n) is 10.1. The topological polar surface area (TPSA) is 76.9 Å². The summed E-state index contributed by atoms with van der Waals surface area (Å²) in [5.41, 5.74) is 2.83. The summed E-state index contributed by atoms with van der Waals surface area (Å²) in [4.78, 5) is -0.0569. The van der Waals surface area contributed by atoms with Crippen LogP contribution in [0.2, 0.25) is 10.0 Å². The third kappa shape index (κ3) is 5.79. The molecule has 0 spiro atoms. The van der Waals surface area contributed by atoms with Gasteiger partial charge in [-0.05, 0) is 55.0 Å². The van der Waals surface area contributed by atoms with E-state index in [9.17, 15) is 12.8 Å². The SMILES string of the molecule is Cc1cccc(CSc2nnc(CNS(=O)(=O)c3ccc(F)cc3)n2-c2ccc(Cl)cc2Cl)c1. The molecule has 0 radical (unpaired) electrons. The molecule has 0 saturated heterocycles. The van der Waals surface area contributed by atoms with Crippen molar-refractivity contribution < 1.29 is 12.8 Å². The first-order chi connectivity index (χ1) is 16.2. The number of aromatic nitrogens is 3. The van der Waals surface area contributed by atoms with Crippen molar-refractivity contribution in [2.24, 2.45) is 0 Å². The van der Waals surface area contributed by atoms with Crippen molar-refractivity contribution in [3.8, 4) is 5.69 Å². The van der Waals surface area contributed by atoms with Gasteiger partial charge >= 0.3 is 0 Å². The smallest absolute Gasteiger partial charge is 0.240 e. The van der Waals surface area contributed by atoms with Crippen LogP contribution in [0.4, 0.5) is 4.39 Å². The number of rotatable bonds is 8. The summed E-state index contributed by atoms with van der Waals surface area (Å²) in [6, 6.07) is 17.7. The summed E-state index contributed by atoms with van der Waals surface area (Å²) in [5, 5.41) is 9.87. The fourth-order valence-electron chi connectivity index (χ4n) is 3.22. The van der Waals surface area contributed by atoms with Gasteiger partial charge in [-0.1, -0.05) is 64.8 Å². The van der Waals surface area contributed by atoms with Gasteiger partial charge in [-0.25, -0.2) is 17.5 Å². The highest BCUT2D eigenvalue weighted by Gasteiger charge is 2.20. The van der Waals surface area contributed by atoms with Gasteiger partial charge in [0.1, 0.15) is 5.82 Å². The summed E-state index contributed by atoms with van der Waals surface area (Å²) in [6.07, 6.45) is 0. The van der Waals surface area contributed by atoms with Crippen molar-refractivity contribution in [2.45, 2.75) is 29.3 Å². The highest BCUT2D eigenvalue weighted by molar-refractivity contribution is 7.98. The average Bonchev–Trinajstić information content (AvgIpc) is 3.19. The molecule has 0 unspecified atom stereocenters. The predicted molar refractivity (Wildman–Crippen MR) is 133 cm³/mol. The number of hydrogen-bond acceptors (Lipinski definition) is 5. The van der Waals surface area contributed by atoms with Gasteiger partial charge in [0.2, 0.25) is 10.0 Å². The number of nitrogens with zero attached hydrogens (tertiary/aromatic N) is 3. The van der Waals surface area contributed by atoms with E-state index in [4.69, 9.17) is 23.2 Å². The van der Waals surface area contributed by atoms with Gasteiger partial charge in [-0.2, -0.15) is 0 Å². The minimum absolute atomic E-state index is 0.0569. The van der Waals surface area contributed by atoms with E-state index in [1.165, 1.54) is 23.9 Å². The van der Waals surface area contributed by atoms with Gasteiger partial charge in [0.15, 0.2) is 11.0 Å². The van der Waals surface area contributed by atoms with Gasteiger partial charge < -0.3 is 0 Å². The van der Waals surface area contributed by atoms with E-state index in [1.807, 2.05) is 25.1 Å². The van der Waals surface area contributed by atoms with Crippen LogP contribution in [0.5, 0.6) is 0 Å². The molecule has 176 valence electrons. The van der Waals surface area contributed by atoms with Gasteiger partial charge in [-0.15, -0.1) is 10.2 Å². The zero-order valence-corrected chi connectivity index (χ0v) is 21.0. The third-order valence-electron chi connectivity index (χ3n) is 4.85. The molecular formula is C23H19Cl2FN4O2S2. The monoisotopic (exact) mass is 536 g/mol. The summed E-state index contributed by atoms with van der Waals surface area (Å²) in [7, 11) is -3.90. The standard InChI is InChI=1S/C23H19Cl2FN4O2S2/c1-15-3-2-4-16(11-15)14-33-23-29-28-22(30(23)21-10-5-17(24)12-20(21)25)13-27-34(31,32)19-8-6-18(26)7-9-19/h2-12,27H,13-14H2,1H3. The number of benzene rings is 3. The Morgan fingerprint density at radius 3 is 2.50 bits per heavy atom. The van der Waals surface area contributed by atoms with Crippen LogP contribution in [0.3, 0.4) is 0 Å². The molecule has 34 heavy (non-hydrogen) atoms. The van der Waals surface area contributed by atoms with Crippen LogP contribution >= 0.6 is 35.0 Å². The Bertz CT molecular complexity index is 1430. The van der Waals surface area contributed by atoms with Crippen LogP contribution in [0.25, 0.3) is 5.69 Å². The number of nitrogens with one attached hydrogen (secondary N) is 1. The van der Waals surface area contributed by atoms with E-state index in [0.717, 1.165) is 23.3 Å². The number of halogens is 3. The summed E-state index contributed by atoms with van der Waals surface area (Å²) in [5.74, 6) is 0.444. The predicted octanol–water partition coefficient (Wildman–Crippen LogP) is 5.79. The van der Waals surface area contributed by atoms with E-state index in [2.05, 4.69) is 21.0 Å². The molecule has 1 heterocycles. The second-order valence-electron chi connectivity index (χ2n) is 7.39. The van der Waals surface area contributed by atoms with Crippen LogP contribution in [-0.2, 0) is 22.3 Å². The summed E-state index contributed by atoms with van der Waals surface area (Å²) < 4.78 is 42.8. The van der Waals surface area contributed by atoms with Crippen molar-refractivity contribution in [3.63, 3.8) is 0 Å². The molecule has 0 bridgehead atoms. The molecule has 6 nitrogen and oxygen atoms in total. The Morgan fingerprint density at radius 1 is 1.03 bits per heavy atom. The maximum atomic E-state index is 13.2. The highest BCUT2D eigenvalue weighted by Crippen LogP contribution is 2.31. The Balaban J connectivity index is 1.64. The van der Waals surface area contributed by atoms with E-state index in [-0.39, 0.29) is 11.4 Å². The first-order valence-corrected chi connectivity index (χ1v) is 13.3. The molecule has 0 aliphatic rings. The van der Waals surface area contributed by atoms with E-state index >= 15 is 0 Å². The van der Waals surface area contributed by atoms with Gasteiger partial charge in [-0.3, -0.25) is 4.57 Å². The molecule has 0 atom stereocenters. The van der Waals surface area contributed by atoms with Crippen LogP contribution < -0.4 is 4.72 Å². The molecule has 3 aromatic carbocycles. The van der Waals surface area contributed by atoms with Gasteiger partial charge in [0.05, 0.1) is 22.2 Å². The number of sulfonamides is 1. The molecule has 0 aliphatic carbocycles. The van der Waals surface area contributed by atoms with Crippen LogP contribution in [0, 0.1) is 12.7 Å². The molecule has 0 amide bonds. The van der Waals surface area contributed by atoms with Crippen LogP contribution in [0.1, 0.15) is 17.0 Å². The molecule has 0 aliphatic heterocycles. The van der Waals surface area contributed by atoms with E-state index < -0.39 is 15.8 Å². The van der Waals surface area contributed by atoms with E-state index in [0.29, 0.717) is 32.5 Å². The molecule has 0 fully saturated rings. The highest BCUT2D eigenvalue weighted by atomic mass is 35.5. The zero-order valence-electron chi connectivity index (χ0n) is 17.9. The van der Waals surface area contributed by atoms with Crippen molar-refractivity contribution in [2.75, 3.05) is 0 Å². The lowest BCUT2D eigenvalue weighted by molar-refractivity contribution is 0.577. The Labute approximate surface area is 211 Å². The zero-order chi connectivity index (χ0) is 24.3. The maximum Gasteiger partial charge on any atom is 0.240 e. The average molecular weight is 537 g/mol. The number of aryl methyl sites for hydroxylation is 1. The van der Waals surface area contributed by atoms with Crippen molar-refractivity contribution in [3.05, 3.63) is 99.5 Å². The number of thioether (sulfide) groups is 1. The van der Waals surface area contributed by atoms with Crippen molar-refractivity contribution in [1.29, 1.82) is 0 Å². The van der Waals surface area contributed by atoms with Crippen LogP contribution in [-0.4, -0.2) is 23.2 Å². The Kier molecular flexibility index (Phi) is 7.59. The lowest BCUT2D eigenvalue weighted by Gasteiger charge is -2.13. The second kappa shape index (κ2) is 10.5. The molecule has 1 N–H and O–H groups in total. The lowest BCUT2D eigenvalue weighted by atomic mass is 10.2. The Hall–Kier alpha value is -2.43. The quantitative estimate of drug-likeness (QED) is 0.288. The Morgan fingerprint density at radius 2 is 1.79 bits per heavy atom. The fraction of sp³-hybridized carbons (Fsp3) is 0.130. The largest absolute Gasteiger partial charge is 0.271 e. The normalized spacial score (nSPS) is 11.6. The molecule has 4 rings (SSSR count). The summed E-state index contributed by atoms with van der Waals surface area (Å²) >= 11 is 14.0. The molecule has 0 saturated carbocycles. The minimum atomic E-state index is -3.90. The fourth-order valence-corrected chi connectivity index (χ4v) is 5.60. The first kappa shape index (κ1) is 24.7. The van der Waals surface area contributed by atoms with Crippen molar-refractivity contribution >= 4 is 45.0 Å². The summed E-state index contributed by atoms with van der Waals surface area (Å²) in [6.45, 7) is 1.87. The minimum Gasteiger partial charge on any atom is -0.271 e. The van der Waals surface area contributed by atoms with Crippen LogP contribution in [0.15, 0.2) is 76.8 Å². The number of hydrogen-bond donors (Lipinski definition) is 1. The maximum absolute atomic E-state index is 13.2. The molecule has 11 heteroatoms. The third-order valence-corrected chi connectivity index (χ3v) is 7.80. The lowest BCUT2D eigenvalue weighted by Crippen LogP contribution is -2.25. The molecule has 1 aromatic heterocycles. The van der Waals surface area contributed by atoms with Gasteiger partial charge in [0, 0.05) is 10.8 Å². The van der Waals surface area contributed by atoms with E-state index in [1.54, 1.807) is 22.8 Å².